The number of nitro benzene ring substituents is 1. The molecular formula is C10H13NO5P+. The first-order valence-corrected chi connectivity index (χ1v) is 6.12. The average Bonchev–Trinajstić information content (AvgIpc) is 2.28. The summed E-state index contributed by atoms with van der Waals surface area (Å²) in [5.74, 6) is 0.452. The van der Waals surface area contributed by atoms with Crippen LogP contribution in [0.5, 0.6) is 5.75 Å². The van der Waals surface area contributed by atoms with Crippen molar-refractivity contribution in [1.82, 2.24) is 0 Å². The van der Waals surface area contributed by atoms with E-state index in [0.717, 1.165) is 0 Å². The van der Waals surface area contributed by atoms with Gasteiger partial charge in [-0.1, -0.05) is 0 Å². The Balaban J connectivity index is 3.33. The predicted molar refractivity (Wildman–Crippen MR) is 63.3 cm³/mol. The van der Waals surface area contributed by atoms with Gasteiger partial charge in [-0.05, 0) is 24.0 Å². The van der Waals surface area contributed by atoms with Gasteiger partial charge in [0.05, 0.1) is 12.0 Å². The summed E-state index contributed by atoms with van der Waals surface area (Å²) in [5, 5.41) is 10.9. The van der Waals surface area contributed by atoms with E-state index in [1.54, 1.807) is 13.8 Å². The van der Waals surface area contributed by atoms with Crippen LogP contribution in [0.3, 0.4) is 0 Å². The molecule has 0 aliphatic rings. The van der Waals surface area contributed by atoms with E-state index in [1.165, 1.54) is 19.2 Å². The first-order chi connectivity index (χ1) is 8.01. The fourth-order valence-electron chi connectivity index (χ4n) is 1.36. The molecule has 1 rings (SSSR count). The van der Waals surface area contributed by atoms with E-state index in [9.17, 15) is 14.7 Å². The summed E-state index contributed by atoms with van der Waals surface area (Å²) >= 11 is 0. The molecule has 0 saturated heterocycles. The second-order valence-electron chi connectivity index (χ2n) is 3.24. The van der Waals surface area contributed by atoms with Gasteiger partial charge in [-0.3, -0.25) is 10.1 Å². The normalized spacial score (nSPS) is 11.1. The Kier molecular flexibility index (Phi) is 4.54. The zero-order valence-corrected chi connectivity index (χ0v) is 10.7. The van der Waals surface area contributed by atoms with Gasteiger partial charge in [0, 0.05) is 12.1 Å². The number of hydrogen-bond donors (Lipinski definition) is 0. The van der Waals surface area contributed by atoms with E-state index < -0.39 is 13.0 Å². The number of nitrogens with zero attached hydrogens (tertiary/aromatic N) is 1. The molecule has 17 heavy (non-hydrogen) atoms. The van der Waals surface area contributed by atoms with E-state index in [2.05, 4.69) is 0 Å². The van der Waals surface area contributed by atoms with Crippen molar-refractivity contribution in [3.63, 3.8) is 0 Å². The zero-order chi connectivity index (χ0) is 13.0. The lowest BCUT2D eigenvalue weighted by Gasteiger charge is -2.03. The summed E-state index contributed by atoms with van der Waals surface area (Å²) in [6, 6.07) is 2.72. The summed E-state index contributed by atoms with van der Waals surface area (Å²) < 4.78 is 21.7. The van der Waals surface area contributed by atoms with Crippen molar-refractivity contribution in [3.8, 4) is 5.75 Å². The second-order valence-corrected chi connectivity index (χ2v) is 4.50. The van der Waals surface area contributed by atoms with Crippen molar-refractivity contribution < 1.29 is 18.7 Å². The van der Waals surface area contributed by atoms with Crippen molar-refractivity contribution in [3.05, 3.63) is 27.8 Å². The van der Waals surface area contributed by atoms with Crippen molar-refractivity contribution in [2.24, 2.45) is 0 Å². The number of benzene rings is 1. The molecule has 0 fully saturated rings. The summed E-state index contributed by atoms with van der Waals surface area (Å²) in [4.78, 5) is 10.3. The quantitative estimate of drug-likeness (QED) is 0.460. The summed E-state index contributed by atoms with van der Waals surface area (Å²) in [6.45, 7) is 3.58. The molecule has 1 atom stereocenters. The maximum Gasteiger partial charge on any atom is 0.556 e. The van der Waals surface area contributed by atoms with Crippen LogP contribution < -0.4 is 10.0 Å². The molecule has 0 saturated carbocycles. The predicted octanol–water partition coefficient (Wildman–Crippen LogP) is 2.32. The van der Waals surface area contributed by atoms with Crippen molar-refractivity contribution in [2.75, 3.05) is 13.7 Å². The maximum atomic E-state index is 11.7. The third kappa shape index (κ3) is 2.99. The first kappa shape index (κ1) is 13.5. The van der Waals surface area contributed by atoms with E-state index in [-0.39, 0.29) is 17.6 Å². The van der Waals surface area contributed by atoms with Crippen LogP contribution in [0.15, 0.2) is 12.1 Å². The van der Waals surface area contributed by atoms with Gasteiger partial charge in [-0.25, -0.2) is 0 Å². The standard InChI is InChI=1S/C10H13NO5P/c1-4-16-17(14)10-6-9(15-3)7(2)5-8(10)11(12)13/h5-6H,4H2,1-3H3/q+1. The third-order valence-corrected chi connectivity index (χ3v) is 3.38. The summed E-state index contributed by atoms with van der Waals surface area (Å²) in [5.41, 5.74) is 0.403. The van der Waals surface area contributed by atoms with Crippen LogP contribution in [0.2, 0.25) is 0 Å². The monoisotopic (exact) mass is 258 g/mol. The molecule has 0 aliphatic carbocycles. The number of nitro groups is 1. The van der Waals surface area contributed by atoms with Crippen LogP contribution in [-0.2, 0) is 9.09 Å². The Morgan fingerprint density at radius 3 is 2.59 bits per heavy atom. The molecule has 1 aromatic carbocycles. The fourth-order valence-corrected chi connectivity index (χ4v) is 2.29. The molecule has 7 heteroatoms. The third-order valence-electron chi connectivity index (χ3n) is 2.13. The molecule has 0 aliphatic heterocycles. The van der Waals surface area contributed by atoms with E-state index in [1.807, 2.05) is 0 Å². The highest BCUT2D eigenvalue weighted by Gasteiger charge is 2.34. The SMILES string of the molecule is CCO[P+](=O)c1cc(OC)c(C)cc1[N+](=O)[O-]. The molecule has 92 valence electrons. The molecule has 1 unspecified atom stereocenters. The van der Waals surface area contributed by atoms with E-state index in [4.69, 9.17) is 9.26 Å². The van der Waals surface area contributed by atoms with Crippen LogP contribution in [0.4, 0.5) is 5.69 Å². The van der Waals surface area contributed by atoms with Gasteiger partial charge in [0.1, 0.15) is 12.4 Å². The molecule has 6 nitrogen and oxygen atoms in total. The minimum atomic E-state index is -2.23. The van der Waals surface area contributed by atoms with Gasteiger partial charge in [-0.2, -0.15) is 0 Å². The van der Waals surface area contributed by atoms with Crippen LogP contribution in [0.1, 0.15) is 12.5 Å². The number of aryl methyl sites for hydroxylation is 1. The van der Waals surface area contributed by atoms with Crippen molar-refractivity contribution in [2.45, 2.75) is 13.8 Å². The number of methoxy groups -OCH3 is 1. The molecular weight excluding hydrogens is 245 g/mol. The Bertz CT molecular complexity index is 460. The van der Waals surface area contributed by atoms with Gasteiger partial charge in [0.2, 0.25) is 0 Å². The average molecular weight is 258 g/mol. The van der Waals surface area contributed by atoms with Crippen LogP contribution in [-0.4, -0.2) is 18.6 Å². The molecule has 0 N–H and O–H groups in total. The smallest absolute Gasteiger partial charge is 0.496 e. The largest absolute Gasteiger partial charge is 0.556 e. The van der Waals surface area contributed by atoms with Gasteiger partial charge in [0.25, 0.3) is 0 Å². The maximum absolute atomic E-state index is 11.7. The lowest BCUT2D eigenvalue weighted by Crippen LogP contribution is -2.08. The highest BCUT2D eigenvalue weighted by atomic mass is 31.1. The van der Waals surface area contributed by atoms with Crippen molar-refractivity contribution >= 4 is 19.0 Å². The van der Waals surface area contributed by atoms with Crippen LogP contribution in [0, 0.1) is 17.0 Å². The Labute approximate surface area is 99.6 Å². The molecule has 0 spiro atoms. The van der Waals surface area contributed by atoms with Gasteiger partial charge in [-0.15, -0.1) is 4.52 Å². The lowest BCUT2D eigenvalue weighted by molar-refractivity contribution is -0.383. The molecule has 0 aromatic heterocycles. The van der Waals surface area contributed by atoms with Crippen LogP contribution in [0.25, 0.3) is 0 Å². The Morgan fingerprint density at radius 2 is 2.12 bits per heavy atom. The topological polar surface area (TPSA) is 78.7 Å². The minimum Gasteiger partial charge on any atom is -0.496 e. The molecule has 0 amide bonds. The number of rotatable bonds is 5. The van der Waals surface area contributed by atoms with E-state index >= 15 is 0 Å². The summed E-state index contributed by atoms with van der Waals surface area (Å²) in [6.07, 6.45) is 0. The molecule has 0 heterocycles. The number of ether oxygens (including phenoxy) is 1. The van der Waals surface area contributed by atoms with Gasteiger partial charge in [0.15, 0.2) is 0 Å². The summed E-state index contributed by atoms with van der Waals surface area (Å²) in [7, 11) is -0.785. The first-order valence-electron chi connectivity index (χ1n) is 4.94. The molecule has 0 radical (unpaired) electrons. The Morgan fingerprint density at radius 1 is 1.47 bits per heavy atom. The van der Waals surface area contributed by atoms with Crippen LogP contribution >= 0.6 is 8.03 Å². The highest BCUT2D eigenvalue weighted by molar-refractivity contribution is 7.48. The van der Waals surface area contributed by atoms with E-state index in [0.29, 0.717) is 11.3 Å². The van der Waals surface area contributed by atoms with Gasteiger partial charge < -0.3 is 4.74 Å². The minimum absolute atomic E-state index is 0.0503. The van der Waals surface area contributed by atoms with Crippen molar-refractivity contribution in [1.29, 1.82) is 0 Å². The number of hydrogen-bond acceptors (Lipinski definition) is 5. The fraction of sp³-hybridized carbons (Fsp3) is 0.400. The lowest BCUT2D eigenvalue weighted by atomic mass is 10.2. The van der Waals surface area contributed by atoms with Gasteiger partial charge >= 0.3 is 19.0 Å². The Hall–Kier alpha value is -1.52. The zero-order valence-electron chi connectivity index (χ0n) is 9.80. The highest BCUT2D eigenvalue weighted by Crippen LogP contribution is 2.31. The second kappa shape index (κ2) is 5.70. The molecule has 1 aromatic rings. The molecule has 0 bridgehead atoms.